The maximum absolute atomic E-state index is 14.6. The Labute approximate surface area is 799 Å². The summed E-state index contributed by atoms with van der Waals surface area (Å²) in [5.41, 5.74) is 45.5. The number of unbranched alkanes of at least 4 members (excludes halogenated alkanes) is 3. The van der Waals surface area contributed by atoms with Gasteiger partial charge in [0.2, 0.25) is 112 Å². The molecule has 0 radical (unpaired) electrons. The molecule has 0 aliphatic carbocycles. The number of aliphatic hydroxyl groups excluding tert-OH is 1. The predicted molar refractivity (Wildman–Crippen MR) is 499 cm³/mol. The molecule has 0 aliphatic rings. The number of rotatable bonds is 70. The molecule has 1 aromatic heterocycles. The fourth-order valence-electron chi connectivity index (χ4n) is 12.9. The summed E-state index contributed by atoms with van der Waals surface area (Å²) in [4.78, 5) is 291. The lowest BCUT2D eigenvalue weighted by Crippen LogP contribution is -2.62. The highest BCUT2D eigenvalue weighted by atomic mass is 32.2. The standard InChI is InChI=1S/C81H134N28O24S3/c1-41(2)64(108-74(126)52(25-30-136-4)102-70(122)47(18-9-12-27-83)99-71(123)49(20-14-29-92-81(89)90)100-73(125)51(21-23-58(86)111)98-66(118)45(85)33-59(87)112)79(131)103-48(19-10-13-28-84)72(124)107-57(39-135)78(130)104-53(31-43-15-6-5-7-16-43)75(127)105-55(34-60(88)113)76(128)106-56(38-134)68(120)94-36-61(114)96-46(17-8-11-26-82)69(121)101-50(22-24-63(116)117)67(119)93-37-62(115)97-54(32-44-35-91-40-95-44)77(129)109-65(42(3)110)80(132)133/h5-7,15-16,35,40-42,45-57,64-65,110,134-135H,8-14,17-34,36-39,82-85H2,1-4H3,(H2,86,111)(H2,87,112)(H2,88,113)(H,91,95)(H,93,119)(H,94,120)(H,96,114)(H,97,115)(H,98,118)(H,99,123)(H,100,125)(H,101,121)(H,102,122)(H,103,131)(H,104,130)(H,105,127)(H,106,128)(H,107,124)(H,108,126)(H,109,129)(H,116,117)(H,132,133)(H4,89,90,92)/t42-,45+,46+,47+,48+,49+,50+,51+,52+,53+,54+,55+,56+,57+,64+,65+/m1/s1. The van der Waals surface area contributed by atoms with Gasteiger partial charge in [-0.05, 0) is 140 Å². The van der Waals surface area contributed by atoms with Crippen molar-refractivity contribution in [2.45, 2.75) is 246 Å². The second-order valence-corrected chi connectivity index (χ2v) is 33.6. The number of H-pyrrole nitrogens is 1. The van der Waals surface area contributed by atoms with Crippen LogP contribution in [-0.2, 0) is 114 Å². The highest BCUT2D eigenvalue weighted by molar-refractivity contribution is 7.98. The van der Waals surface area contributed by atoms with E-state index < -0.39 is 296 Å². The zero-order chi connectivity index (χ0) is 102. The summed E-state index contributed by atoms with van der Waals surface area (Å²) in [6.07, 6.45) is -0.508. The van der Waals surface area contributed by atoms with E-state index >= 15 is 0 Å². The normalized spacial score (nSPS) is 14.6. The first-order valence-corrected chi connectivity index (χ1v) is 46.4. The summed E-state index contributed by atoms with van der Waals surface area (Å²) in [5.74, 6) is -24.3. The van der Waals surface area contributed by atoms with Gasteiger partial charge in [0, 0.05) is 55.6 Å². The van der Waals surface area contributed by atoms with Crippen LogP contribution in [0.5, 0.6) is 0 Å². The predicted octanol–water partition coefficient (Wildman–Crippen LogP) is -11.2. The first-order chi connectivity index (χ1) is 64.3. The number of guanidine groups is 1. The molecule has 0 spiro atoms. The molecule has 0 saturated carbocycles. The number of primary amides is 3. The fourth-order valence-corrected chi connectivity index (χ4v) is 13.9. The Bertz CT molecular complexity index is 4320. The number of aromatic amines is 1. The van der Waals surface area contributed by atoms with Crippen LogP contribution in [0.2, 0.25) is 0 Å². The van der Waals surface area contributed by atoms with Gasteiger partial charge in [-0.25, -0.2) is 9.78 Å². The van der Waals surface area contributed by atoms with Crippen LogP contribution >= 0.6 is 37.0 Å². The van der Waals surface area contributed by atoms with E-state index in [-0.39, 0.29) is 103 Å². The third-order valence-corrected chi connectivity index (χ3v) is 21.7. The summed E-state index contributed by atoms with van der Waals surface area (Å²) in [5, 5.41) is 78.2. The number of hydrogen-bond acceptors (Lipinski definition) is 31. The lowest BCUT2D eigenvalue weighted by atomic mass is 10.0. The number of carbonyl (C=O) groups is 21. The SMILES string of the molecule is CSCC[C@H](NC(=O)[C@H](CCCCN)NC(=O)[C@H](CCCNC(=N)N)NC(=O)[C@H](CCC(N)=O)NC(=O)[C@@H](N)CC(N)=O)C(=O)N[C@H](C(=O)N[C@@H](CCCCN)C(=O)N[C@@H](CS)C(=O)N[C@@H](Cc1ccccc1)C(=O)N[C@@H](CC(N)=O)C(=O)N[C@@H](CS)C(=O)NCC(=O)N[C@@H](CCCCN)C(=O)N[C@@H](CCC(=O)O)C(=O)NCC(=O)N[C@@H](Cc1cnc[nH]1)C(=O)N[C@H](C(=O)O)[C@@H](C)O)C(C)C. The zero-order valence-corrected chi connectivity index (χ0v) is 78.8. The molecule has 0 fully saturated rings. The molecule has 136 heavy (non-hydrogen) atoms. The molecule has 38 N–H and O–H groups in total. The summed E-state index contributed by atoms with van der Waals surface area (Å²) in [6.45, 7) is 2.86. The molecule has 1 aromatic carbocycles. The van der Waals surface area contributed by atoms with E-state index in [0.29, 0.717) is 30.5 Å². The first-order valence-electron chi connectivity index (χ1n) is 43.8. The average molecular weight is 1980 g/mol. The van der Waals surface area contributed by atoms with Crippen molar-refractivity contribution in [2.24, 2.45) is 51.8 Å². The molecular formula is C81H134N28O24S3. The van der Waals surface area contributed by atoms with Gasteiger partial charge < -0.3 is 157 Å². The first kappa shape index (κ1) is 119. The number of nitrogens with zero attached hydrogens (tertiary/aromatic N) is 1. The van der Waals surface area contributed by atoms with Gasteiger partial charge in [0.05, 0.1) is 44.4 Å². The molecule has 16 atom stereocenters. The fraction of sp³-hybridized carbons (Fsp3) is 0.617. The topological polar surface area (TPSA) is 884 Å². The quantitative estimate of drug-likeness (QED) is 0.0127. The Hall–Kier alpha value is -12.6. The van der Waals surface area contributed by atoms with Crippen LogP contribution in [0.1, 0.15) is 148 Å². The second kappa shape index (κ2) is 65.2. The zero-order valence-electron chi connectivity index (χ0n) is 76.1. The number of nitrogens with two attached hydrogens (primary N) is 8. The van der Waals surface area contributed by atoms with Gasteiger partial charge >= 0.3 is 11.9 Å². The number of carbonyl (C=O) groups excluding carboxylic acids is 19. The van der Waals surface area contributed by atoms with Crippen LogP contribution in [0.3, 0.4) is 0 Å². The minimum absolute atomic E-state index is 0.0135. The third kappa shape index (κ3) is 47.6. The number of thioether (sulfide) groups is 1. The van der Waals surface area contributed by atoms with Crippen molar-refractivity contribution in [1.29, 1.82) is 5.41 Å². The Balaban J connectivity index is 2.44. The van der Waals surface area contributed by atoms with Gasteiger partial charge in [-0.1, -0.05) is 44.2 Å². The highest BCUT2D eigenvalue weighted by Crippen LogP contribution is 2.15. The number of amides is 19. The van der Waals surface area contributed by atoms with Crippen LogP contribution in [0.15, 0.2) is 42.9 Å². The number of carboxylic acid groups (broad SMARTS) is 2. The van der Waals surface area contributed by atoms with Crippen molar-refractivity contribution in [3.63, 3.8) is 0 Å². The van der Waals surface area contributed by atoms with Crippen molar-refractivity contribution in [1.82, 2.24) is 100 Å². The van der Waals surface area contributed by atoms with E-state index in [4.69, 9.17) is 51.3 Å². The Kier molecular flexibility index (Phi) is 57.3. The smallest absolute Gasteiger partial charge is 0.328 e. The highest BCUT2D eigenvalue weighted by Gasteiger charge is 2.40. The largest absolute Gasteiger partial charge is 0.481 e. The summed E-state index contributed by atoms with van der Waals surface area (Å²) in [7, 11) is 0. The molecule has 2 rings (SSSR count). The number of aliphatic hydroxyl groups is 1. The number of aliphatic carboxylic acids is 2. The number of nitrogens with one attached hydrogen (secondary N) is 19. The molecule has 52 nitrogen and oxygen atoms in total. The van der Waals surface area contributed by atoms with Crippen LogP contribution in [-0.4, -0.2) is 315 Å². The number of thiol groups is 2. The molecular weight excluding hydrogens is 1850 g/mol. The Morgan fingerprint density at radius 3 is 1.24 bits per heavy atom. The maximum Gasteiger partial charge on any atom is 0.328 e. The molecule has 1 heterocycles. The molecule has 0 saturated heterocycles. The number of benzene rings is 1. The number of carboxylic acids is 2. The van der Waals surface area contributed by atoms with Gasteiger partial charge in [0.25, 0.3) is 0 Å². The monoisotopic (exact) mass is 1980 g/mol. The summed E-state index contributed by atoms with van der Waals surface area (Å²) < 4.78 is 0. The van der Waals surface area contributed by atoms with Gasteiger partial charge in [-0.15, -0.1) is 0 Å². The lowest BCUT2D eigenvalue weighted by Gasteiger charge is -2.29. The minimum atomic E-state index is -1.91. The van der Waals surface area contributed by atoms with E-state index in [9.17, 15) is 116 Å². The van der Waals surface area contributed by atoms with Gasteiger partial charge in [-0.3, -0.25) is 101 Å². The van der Waals surface area contributed by atoms with Gasteiger partial charge in [0.1, 0.15) is 78.5 Å². The number of aromatic nitrogens is 2. The molecule has 760 valence electrons. The minimum Gasteiger partial charge on any atom is -0.481 e. The number of imidazole rings is 1. The maximum atomic E-state index is 14.6. The molecule has 19 amide bonds. The molecule has 0 bridgehead atoms. The van der Waals surface area contributed by atoms with Gasteiger partial charge in [-0.2, -0.15) is 37.0 Å². The van der Waals surface area contributed by atoms with Crippen LogP contribution in [0.4, 0.5) is 0 Å². The Morgan fingerprint density at radius 2 is 0.794 bits per heavy atom. The van der Waals surface area contributed by atoms with E-state index in [1.165, 1.54) is 24.3 Å². The summed E-state index contributed by atoms with van der Waals surface area (Å²) >= 11 is 9.81. The van der Waals surface area contributed by atoms with Crippen molar-refractivity contribution in [3.05, 3.63) is 54.1 Å². The molecule has 55 heteroatoms. The number of hydrogen-bond donors (Lipinski definition) is 32. The van der Waals surface area contributed by atoms with Crippen LogP contribution in [0, 0.1) is 11.3 Å². The van der Waals surface area contributed by atoms with E-state index in [2.05, 4.69) is 126 Å². The van der Waals surface area contributed by atoms with Gasteiger partial charge in [0.15, 0.2) is 12.0 Å². The van der Waals surface area contributed by atoms with Crippen molar-refractivity contribution >= 4 is 167 Å². The van der Waals surface area contributed by atoms with Crippen molar-refractivity contribution in [3.8, 4) is 0 Å². The molecule has 0 aliphatic heterocycles. The van der Waals surface area contributed by atoms with E-state index in [0.717, 1.165) is 6.92 Å². The van der Waals surface area contributed by atoms with E-state index in [1.807, 2.05) is 0 Å². The van der Waals surface area contributed by atoms with Crippen molar-refractivity contribution in [2.75, 3.05) is 62.8 Å². The van der Waals surface area contributed by atoms with Crippen molar-refractivity contribution < 1.29 is 116 Å². The van der Waals surface area contributed by atoms with E-state index in [1.54, 1.807) is 50.4 Å². The molecule has 0 unspecified atom stereocenters. The Morgan fingerprint density at radius 1 is 0.419 bits per heavy atom. The third-order valence-electron chi connectivity index (χ3n) is 20.3. The van der Waals surface area contributed by atoms with Crippen LogP contribution < -0.4 is 136 Å². The summed E-state index contributed by atoms with van der Waals surface area (Å²) in [6, 6.07) is -15.7. The average Bonchev–Trinajstić information content (AvgIpc) is 0.995. The molecule has 2 aromatic rings. The lowest BCUT2D eigenvalue weighted by molar-refractivity contribution is -0.145. The second-order valence-electron chi connectivity index (χ2n) is 31.9. The van der Waals surface area contributed by atoms with Crippen LogP contribution in [0.25, 0.3) is 0 Å².